The van der Waals surface area contributed by atoms with Crippen LogP contribution in [-0.2, 0) is 16.1 Å². The fourth-order valence-corrected chi connectivity index (χ4v) is 4.86. The lowest BCUT2D eigenvalue weighted by atomic mass is 10.1. The molecule has 37 heavy (non-hydrogen) atoms. The quantitative estimate of drug-likeness (QED) is 0.309. The Morgan fingerprint density at radius 2 is 1.76 bits per heavy atom. The molecule has 3 aromatic carbocycles. The Hall–Kier alpha value is -3.52. The van der Waals surface area contributed by atoms with E-state index in [4.69, 9.17) is 32.7 Å². The third-order valence-corrected chi connectivity index (χ3v) is 6.80. The lowest BCUT2D eigenvalue weighted by molar-refractivity contribution is -0.138. The van der Waals surface area contributed by atoms with Gasteiger partial charge in [0, 0.05) is 26.7 Å². The number of aliphatic imine (C=N–C) groups is 1. The number of thioether (sulfide) groups is 1. The standard InChI is InChI=1S/C28H21Cl2NO5S/c1-2-35-28(34)24-25(32)23(37-27(24)31-26(33)17-8-4-3-5-9-17)14-18-10-6-7-11-22(18)36-16-19-12-13-20(29)15-21(19)30/h3-15,32H,2,16H2,1H3/b23-14-,31-27?. The third kappa shape index (κ3) is 6.43. The van der Waals surface area contributed by atoms with Gasteiger partial charge in [0.05, 0.1) is 11.5 Å². The number of carbonyl (C=O) groups excluding carboxylic acids is 2. The number of carbonyl (C=O) groups is 2. The third-order valence-electron chi connectivity index (χ3n) is 5.20. The number of benzene rings is 3. The molecule has 0 unspecified atom stereocenters. The highest BCUT2D eigenvalue weighted by atomic mass is 35.5. The highest BCUT2D eigenvalue weighted by Crippen LogP contribution is 2.40. The molecule has 0 spiro atoms. The summed E-state index contributed by atoms with van der Waals surface area (Å²) in [5, 5.41) is 12.0. The number of para-hydroxylation sites is 1. The van der Waals surface area contributed by atoms with Crippen LogP contribution in [-0.4, -0.2) is 28.6 Å². The minimum atomic E-state index is -0.766. The van der Waals surface area contributed by atoms with Crippen molar-refractivity contribution in [2.24, 2.45) is 4.99 Å². The molecule has 6 nitrogen and oxygen atoms in total. The van der Waals surface area contributed by atoms with Gasteiger partial charge < -0.3 is 14.6 Å². The first kappa shape index (κ1) is 26.5. The average molecular weight is 554 g/mol. The van der Waals surface area contributed by atoms with Gasteiger partial charge in [0.2, 0.25) is 0 Å². The van der Waals surface area contributed by atoms with Crippen LogP contribution in [0.15, 0.2) is 94.0 Å². The van der Waals surface area contributed by atoms with Crippen LogP contribution >= 0.6 is 35.0 Å². The summed E-state index contributed by atoms with van der Waals surface area (Å²) in [6, 6.07) is 20.8. The Balaban J connectivity index is 1.65. The Labute approximate surface area is 228 Å². The summed E-state index contributed by atoms with van der Waals surface area (Å²) in [6.07, 6.45) is 1.66. The van der Waals surface area contributed by atoms with Crippen molar-refractivity contribution >= 4 is 58.0 Å². The van der Waals surface area contributed by atoms with Gasteiger partial charge in [0.15, 0.2) is 0 Å². The van der Waals surface area contributed by atoms with Crippen molar-refractivity contribution in [1.29, 1.82) is 0 Å². The smallest absolute Gasteiger partial charge is 0.344 e. The number of aliphatic hydroxyl groups is 1. The largest absolute Gasteiger partial charge is 0.506 e. The molecule has 9 heteroatoms. The Kier molecular flexibility index (Phi) is 8.71. The molecule has 0 atom stereocenters. The van der Waals surface area contributed by atoms with Crippen molar-refractivity contribution in [2.45, 2.75) is 13.5 Å². The van der Waals surface area contributed by atoms with Crippen LogP contribution in [0.25, 0.3) is 6.08 Å². The van der Waals surface area contributed by atoms with Crippen LogP contribution in [0.2, 0.25) is 10.0 Å². The van der Waals surface area contributed by atoms with E-state index in [0.29, 0.717) is 31.8 Å². The zero-order chi connectivity index (χ0) is 26.4. The SMILES string of the molecule is CCOC(=O)C1=C(O)/C(=C/c2ccccc2OCc2ccc(Cl)cc2Cl)SC1=NC(=O)c1ccccc1. The summed E-state index contributed by atoms with van der Waals surface area (Å²) in [4.78, 5) is 29.8. The van der Waals surface area contributed by atoms with Gasteiger partial charge in [0.1, 0.15) is 28.7 Å². The van der Waals surface area contributed by atoms with Crippen LogP contribution in [0.1, 0.15) is 28.4 Å². The molecule has 1 amide bonds. The van der Waals surface area contributed by atoms with Crippen molar-refractivity contribution in [3.63, 3.8) is 0 Å². The summed E-state index contributed by atoms with van der Waals surface area (Å²) < 4.78 is 11.1. The van der Waals surface area contributed by atoms with Crippen molar-refractivity contribution in [2.75, 3.05) is 6.61 Å². The van der Waals surface area contributed by atoms with Gasteiger partial charge in [-0.05, 0) is 43.3 Å². The average Bonchev–Trinajstić information content (AvgIpc) is 3.19. The molecule has 0 saturated carbocycles. The van der Waals surface area contributed by atoms with E-state index in [9.17, 15) is 14.7 Å². The van der Waals surface area contributed by atoms with Gasteiger partial charge in [-0.15, -0.1) is 0 Å². The second-order valence-electron chi connectivity index (χ2n) is 7.71. The molecule has 1 aliphatic heterocycles. The van der Waals surface area contributed by atoms with Gasteiger partial charge in [0.25, 0.3) is 5.91 Å². The zero-order valence-electron chi connectivity index (χ0n) is 19.6. The van der Waals surface area contributed by atoms with Gasteiger partial charge in [-0.25, -0.2) is 9.79 Å². The summed E-state index contributed by atoms with van der Waals surface area (Å²) >= 11 is 13.2. The lowest BCUT2D eigenvalue weighted by Gasteiger charge is -2.11. The van der Waals surface area contributed by atoms with E-state index in [0.717, 1.165) is 17.3 Å². The molecule has 3 aromatic rings. The molecule has 4 rings (SSSR count). The number of amides is 1. The van der Waals surface area contributed by atoms with Crippen molar-refractivity contribution < 1.29 is 24.2 Å². The van der Waals surface area contributed by atoms with E-state index in [1.54, 1.807) is 73.7 Å². The fourth-order valence-electron chi connectivity index (χ4n) is 3.40. The molecule has 0 aromatic heterocycles. The van der Waals surface area contributed by atoms with Crippen molar-refractivity contribution in [1.82, 2.24) is 0 Å². The molecule has 0 fully saturated rings. The number of esters is 1. The summed E-state index contributed by atoms with van der Waals surface area (Å²) in [5.41, 5.74) is 1.59. The maximum atomic E-state index is 12.7. The number of ether oxygens (including phenoxy) is 2. The Morgan fingerprint density at radius 1 is 1.03 bits per heavy atom. The topological polar surface area (TPSA) is 85.2 Å². The Bertz CT molecular complexity index is 1430. The van der Waals surface area contributed by atoms with E-state index < -0.39 is 11.9 Å². The van der Waals surface area contributed by atoms with Crippen LogP contribution in [0.3, 0.4) is 0 Å². The van der Waals surface area contributed by atoms with Gasteiger partial charge in [-0.2, -0.15) is 0 Å². The molecule has 1 heterocycles. The van der Waals surface area contributed by atoms with Gasteiger partial charge in [-0.1, -0.05) is 77.4 Å². The second kappa shape index (κ2) is 12.1. The Morgan fingerprint density at radius 3 is 2.49 bits per heavy atom. The maximum Gasteiger partial charge on any atom is 0.344 e. The molecule has 188 valence electrons. The number of rotatable bonds is 7. The minimum Gasteiger partial charge on any atom is -0.506 e. The number of hydrogen-bond acceptors (Lipinski definition) is 6. The van der Waals surface area contributed by atoms with Crippen molar-refractivity contribution in [3.05, 3.63) is 116 Å². The number of nitrogens with zero attached hydrogens (tertiary/aromatic N) is 1. The molecule has 1 aliphatic rings. The highest BCUT2D eigenvalue weighted by molar-refractivity contribution is 8.18. The number of halogens is 2. The first-order chi connectivity index (χ1) is 17.9. The molecular formula is C28H21Cl2NO5S. The zero-order valence-corrected chi connectivity index (χ0v) is 21.9. The molecule has 1 N–H and O–H groups in total. The van der Waals surface area contributed by atoms with E-state index in [1.807, 2.05) is 12.1 Å². The van der Waals surface area contributed by atoms with Gasteiger partial charge in [-0.3, -0.25) is 4.79 Å². The van der Waals surface area contributed by atoms with Gasteiger partial charge >= 0.3 is 5.97 Å². The predicted molar refractivity (Wildman–Crippen MR) is 147 cm³/mol. The predicted octanol–water partition coefficient (Wildman–Crippen LogP) is 7.27. The summed E-state index contributed by atoms with van der Waals surface area (Å²) in [7, 11) is 0. The van der Waals surface area contributed by atoms with E-state index in [1.165, 1.54) is 0 Å². The highest BCUT2D eigenvalue weighted by Gasteiger charge is 2.34. The fraction of sp³-hybridized carbons (Fsp3) is 0.107. The summed E-state index contributed by atoms with van der Waals surface area (Å²) in [5.74, 6) is -1.10. The number of aliphatic hydroxyl groups excluding tert-OH is 1. The molecule has 0 aliphatic carbocycles. The van der Waals surface area contributed by atoms with E-state index >= 15 is 0 Å². The van der Waals surface area contributed by atoms with E-state index in [-0.39, 0.29) is 29.6 Å². The lowest BCUT2D eigenvalue weighted by Crippen LogP contribution is -2.14. The van der Waals surface area contributed by atoms with Crippen LogP contribution in [0.4, 0.5) is 0 Å². The molecule has 0 radical (unpaired) electrons. The second-order valence-corrected chi connectivity index (χ2v) is 9.58. The summed E-state index contributed by atoms with van der Waals surface area (Å²) in [6.45, 7) is 1.95. The molecular weight excluding hydrogens is 533 g/mol. The molecule has 0 bridgehead atoms. The monoisotopic (exact) mass is 553 g/mol. The van der Waals surface area contributed by atoms with Crippen LogP contribution in [0, 0.1) is 0 Å². The number of hydrogen-bond donors (Lipinski definition) is 1. The normalized spacial score (nSPS) is 15.3. The molecule has 0 saturated heterocycles. The maximum absolute atomic E-state index is 12.7. The van der Waals surface area contributed by atoms with Crippen LogP contribution in [0.5, 0.6) is 5.75 Å². The first-order valence-electron chi connectivity index (χ1n) is 11.2. The van der Waals surface area contributed by atoms with E-state index in [2.05, 4.69) is 4.99 Å². The van der Waals surface area contributed by atoms with Crippen molar-refractivity contribution in [3.8, 4) is 5.75 Å². The first-order valence-corrected chi connectivity index (χ1v) is 12.8. The minimum absolute atomic E-state index is 0.0578. The van der Waals surface area contributed by atoms with Crippen LogP contribution < -0.4 is 4.74 Å².